The van der Waals surface area contributed by atoms with Crippen molar-refractivity contribution in [1.82, 2.24) is 0 Å². The zero-order valence-corrected chi connectivity index (χ0v) is 24.7. The summed E-state index contributed by atoms with van der Waals surface area (Å²) in [5, 5.41) is 19.5. The van der Waals surface area contributed by atoms with Gasteiger partial charge in [-0.1, -0.05) is 104 Å². The third kappa shape index (κ3) is 42.5. The summed E-state index contributed by atoms with van der Waals surface area (Å²) in [6, 6.07) is 0. The largest absolute Gasteiger partial charge is 1.00 e. The Bertz CT molecular complexity index is 409. The number of quaternary nitrogens is 1. The molecular weight excluding hydrogens is 425 g/mol. The van der Waals surface area contributed by atoms with Crippen LogP contribution in [0.3, 0.4) is 0 Å². The molecule has 0 aliphatic heterocycles. The molecule has 0 heterocycles. The number of carboxylic acids is 2. The first-order valence-electron chi connectivity index (χ1n) is 13.4. The van der Waals surface area contributed by atoms with E-state index in [1.165, 1.54) is 103 Å². The van der Waals surface area contributed by atoms with Crippen LogP contribution in [-0.2, 0) is 9.59 Å². The maximum Gasteiger partial charge on any atom is 1.00 e. The zero-order chi connectivity index (χ0) is 24.5. The quantitative estimate of drug-likeness (QED) is 0.199. The Labute approximate surface area is 227 Å². The molecular formula is C27H54NNaO4. The van der Waals surface area contributed by atoms with Crippen molar-refractivity contribution in [3.05, 3.63) is 0 Å². The fraction of sp³-hybridized carbons (Fsp3) is 0.926. The van der Waals surface area contributed by atoms with E-state index in [4.69, 9.17) is 0 Å². The molecule has 6 heteroatoms. The van der Waals surface area contributed by atoms with Gasteiger partial charge in [-0.25, -0.2) is 0 Å². The standard InChI is InChI=1S/C21H45N.C6H10O4.Na/c1-21(2,3)19-17-15-13-11-9-7-5-4-6-8-10-12-14-16-18-20-22;7-5(8)3-1-2-4-6(9)10;/h4-20,22H2,1-3H3;1-4H2,(H,7,8)(H,9,10);/q;;+1/p-1. The molecule has 0 rings (SSSR count). The van der Waals surface area contributed by atoms with Crippen LogP contribution in [0.1, 0.15) is 149 Å². The van der Waals surface area contributed by atoms with Crippen molar-refractivity contribution in [2.75, 3.05) is 6.54 Å². The van der Waals surface area contributed by atoms with E-state index in [0.717, 1.165) is 6.54 Å². The predicted octanol–water partition coefficient (Wildman–Crippen LogP) is 1.57. The average molecular weight is 480 g/mol. The van der Waals surface area contributed by atoms with Gasteiger partial charge < -0.3 is 25.5 Å². The molecule has 0 fully saturated rings. The molecule has 192 valence electrons. The third-order valence-electron chi connectivity index (χ3n) is 5.69. The van der Waals surface area contributed by atoms with Crippen LogP contribution in [0.15, 0.2) is 0 Å². The number of hydrogen-bond donors (Lipinski definition) is 1. The van der Waals surface area contributed by atoms with Gasteiger partial charge in [0.2, 0.25) is 0 Å². The van der Waals surface area contributed by atoms with Crippen molar-refractivity contribution in [2.45, 2.75) is 149 Å². The van der Waals surface area contributed by atoms with E-state index in [1.807, 2.05) is 0 Å². The van der Waals surface area contributed by atoms with Crippen LogP contribution in [0.5, 0.6) is 0 Å². The van der Waals surface area contributed by atoms with E-state index < -0.39 is 11.9 Å². The number of carbonyl (C=O) groups excluding carboxylic acids is 2. The summed E-state index contributed by atoms with van der Waals surface area (Å²) in [5.74, 6) is -2.28. The van der Waals surface area contributed by atoms with Crippen LogP contribution in [0.4, 0.5) is 0 Å². The minimum atomic E-state index is -1.14. The first kappa shape index (κ1) is 37.4. The van der Waals surface area contributed by atoms with Gasteiger partial charge in [0.25, 0.3) is 0 Å². The molecule has 0 aliphatic rings. The first-order valence-corrected chi connectivity index (χ1v) is 13.4. The van der Waals surface area contributed by atoms with Crippen LogP contribution < -0.4 is 45.5 Å². The molecule has 0 saturated heterocycles. The second kappa shape index (κ2) is 28.1. The van der Waals surface area contributed by atoms with Gasteiger partial charge in [-0.2, -0.15) is 0 Å². The summed E-state index contributed by atoms with van der Waals surface area (Å²) >= 11 is 0. The second-order valence-corrected chi connectivity index (χ2v) is 10.4. The van der Waals surface area contributed by atoms with E-state index in [-0.39, 0.29) is 42.4 Å². The molecule has 0 aromatic carbocycles. The van der Waals surface area contributed by atoms with E-state index in [1.54, 1.807) is 0 Å². The van der Waals surface area contributed by atoms with Crippen LogP contribution in [0.2, 0.25) is 0 Å². The van der Waals surface area contributed by atoms with Gasteiger partial charge >= 0.3 is 29.6 Å². The molecule has 33 heavy (non-hydrogen) atoms. The Morgan fingerprint density at radius 2 is 0.818 bits per heavy atom. The number of rotatable bonds is 21. The smallest absolute Gasteiger partial charge is 0.550 e. The van der Waals surface area contributed by atoms with Crippen LogP contribution in [-0.4, -0.2) is 18.5 Å². The molecule has 0 bridgehead atoms. The number of carbonyl (C=O) groups is 2. The summed E-state index contributed by atoms with van der Waals surface area (Å²) < 4.78 is 0. The van der Waals surface area contributed by atoms with E-state index in [0.29, 0.717) is 18.3 Å². The van der Waals surface area contributed by atoms with Crippen molar-refractivity contribution >= 4 is 11.9 Å². The molecule has 0 aromatic heterocycles. The molecule has 0 saturated carbocycles. The fourth-order valence-electron chi connectivity index (χ4n) is 3.67. The minimum Gasteiger partial charge on any atom is -0.550 e. The van der Waals surface area contributed by atoms with Crippen molar-refractivity contribution < 1.29 is 55.1 Å². The summed E-state index contributed by atoms with van der Waals surface area (Å²) in [4.78, 5) is 19.5. The van der Waals surface area contributed by atoms with Crippen molar-refractivity contribution in [3.8, 4) is 0 Å². The Kier molecular flexibility index (Phi) is 31.9. The molecule has 0 aromatic rings. The summed E-state index contributed by atoms with van der Waals surface area (Å²) in [5.41, 5.74) is 4.43. The fourth-order valence-corrected chi connectivity index (χ4v) is 3.67. The normalized spacial score (nSPS) is 10.8. The van der Waals surface area contributed by atoms with Crippen molar-refractivity contribution in [1.29, 1.82) is 0 Å². The Balaban J connectivity index is -0.000000690. The van der Waals surface area contributed by atoms with Crippen LogP contribution >= 0.6 is 0 Å². The average Bonchev–Trinajstić information content (AvgIpc) is 2.70. The van der Waals surface area contributed by atoms with Gasteiger partial charge in [-0.3, -0.25) is 0 Å². The summed E-state index contributed by atoms with van der Waals surface area (Å²) in [6.07, 6.45) is 23.7. The minimum absolute atomic E-state index is 0. The Hall–Kier alpha value is -0.100. The van der Waals surface area contributed by atoms with Crippen molar-refractivity contribution in [2.24, 2.45) is 5.41 Å². The van der Waals surface area contributed by atoms with Gasteiger partial charge in [0.15, 0.2) is 0 Å². The van der Waals surface area contributed by atoms with E-state index in [2.05, 4.69) is 26.5 Å². The molecule has 0 atom stereocenters. The maximum atomic E-state index is 9.77. The molecule has 0 aliphatic carbocycles. The molecule has 3 N–H and O–H groups in total. The number of unbranched alkanes of at least 4 members (excludes halogenated alkanes) is 15. The van der Waals surface area contributed by atoms with Crippen molar-refractivity contribution in [3.63, 3.8) is 0 Å². The summed E-state index contributed by atoms with van der Waals surface area (Å²) in [6.45, 7) is 8.19. The Morgan fingerprint density at radius 1 is 0.545 bits per heavy atom. The van der Waals surface area contributed by atoms with Gasteiger partial charge in [0.1, 0.15) is 0 Å². The molecule has 0 amide bonds. The number of carboxylic acid groups (broad SMARTS) is 2. The predicted molar refractivity (Wildman–Crippen MR) is 130 cm³/mol. The number of aliphatic carboxylic acids is 2. The topological polar surface area (TPSA) is 108 Å². The third-order valence-corrected chi connectivity index (χ3v) is 5.69. The first-order chi connectivity index (χ1) is 15.2. The van der Waals surface area contributed by atoms with Gasteiger partial charge in [0.05, 0.1) is 6.54 Å². The monoisotopic (exact) mass is 479 g/mol. The van der Waals surface area contributed by atoms with Gasteiger partial charge in [0, 0.05) is 11.9 Å². The van der Waals surface area contributed by atoms with Crippen LogP contribution in [0.25, 0.3) is 0 Å². The molecule has 0 unspecified atom stereocenters. The summed E-state index contributed by atoms with van der Waals surface area (Å²) in [7, 11) is 0. The maximum absolute atomic E-state index is 9.77. The molecule has 0 spiro atoms. The second-order valence-electron chi connectivity index (χ2n) is 10.4. The van der Waals surface area contributed by atoms with Gasteiger partial charge in [-0.15, -0.1) is 0 Å². The van der Waals surface area contributed by atoms with E-state index in [9.17, 15) is 19.8 Å². The molecule has 0 radical (unpaired) electrons. The number of hydrogen-bond acceptors (Lipinski definition) is 4. The Morgan fingerprint density at radius 3 is 1.06 bits per heavy atom. The van der Waals surface area contributed by atoms with Gasteiger partial charge in [-0.05, 0) is 50.4 Å². The zero-order valence-electron chi connectivity index (χ0n) is 22.7. The SMILES string of the molecule is CC(C)(C)CCCCCCCCCCCCCCCCC[NH3+].O=C([O-])CCCCC(=O)[O-].[Na+]. The molecule has 5 nitrogen and oxygen atoms in total. The van der Waals surface area contributed by atoms with E-state index >= 15 is 0 Å². The van der Waals surface area contributed by atoms with Crippen LogP contribution in [0, 0.1) is 5.41 Å².